The summed E-state index contributed by atoms with van der Waals surface area (Å²) in [5, 5.41) is 10.6. The summed E-state index contributed by atoms with van der Waals surface area (Å²) in [6.07, 6.45) is 41.9. The second kappa shape index (κ2) is 59.8. The highest BCUT2D eigenvalue weighted by molar-refractivity contribution is 7.47. The number of aliphatic hydroxyl groups excluding tert-OH is 1. The van der Waals surface area contributed by atoms with Gasteiger partial charge in [0.15, 0.2) is 12.2 Å². The van der Waals surface area contributed by atoms with Crippen LogP contribution in [-0.4, -0.2) is 96.7 Å². The normalized spacial score (nSPS) is 14.6. The van der Waals surface area contributed by atoms with Gasteiger partial charge in [-0.25, -0.2) is 9.13 Å². The van der Waals surface area contributed by atoms with E-state index in [1.807, 2.05) is 0 Å². The first-order chi connectivity index (χ1) is 42.6. The van der Waals surface area contributed by atoms with Crippen molar-refractivity contribution in [1.82, 2.24) is 0 Å². The van der Waals surface area contributed by atoms with Gasteiger partial charge in [-0.3, -0.25) is 37.3 Å². The third kappa shape index (κ3) is 63.2. The molecule has 0 saturated heterocycles. The van der Waals surface area contributed by atoms with Crippen molar-refractivity contribution in [2.75, 3.05) is 39.6 Å². The number of ether oxygens (including phenoxy) is 4. The van der Waals surface area contributed by atoms with E-state index in [0.717, 1.165) is 114 Å². The summed E-state index contributed by atoms with van der Waals surface area (Å²) in [5.41, 5.74) is 0. The smallest absolute Gasteiger partial charge is 0.462 e. The zero-order valence-electron chi connectivity index (χ0n) is 58.1. The molecule has 0 saturated carbocycles. The molecule has 0 spiro atoms. The van der Waals surface area contributed by atoms with E-state index in [9.17, 15) is 43.2 Å². The molecule has 3 N–H and O–H groups in total. The highest BCUT2D eigenvalue weighted by Gasteiger charge is 2.30. The van der Waals surface area contributed by atoms with Crippen molar-refractivity contribution in [1.29, 1.82) is 0 Å². The van der Waals surface area contributed by atoms with Gasteiger partial charge in [-0.05, 0) is 49.4 Å². The minimum Gasteiger partial charge on any atom is -0.462 e. The van der Waals surface area contributed by atoms with Gasteiger partial charge in [-0.1, -0.05) is 293 Å². The third-order valence-corrected chi connectivity index (χ3v) is 18.3. The maximum absolute atomic E-state index is 13.0. The highest BCUT2D eigenvalue weighted by Crippen LogP contribution is 2.45. The van der Waals surface area contributed by atoms with Gasteiger partial charge in [-0.2, -0.15) is 0 Å². The Bertz CT molecular complexity index is 1770. The van der Waals surface area contributed by atoms with Gasteiger partial charge in [0.1, 0.15) is 19.3 Å². The summed E-state index contributed by atoms with van der Waals surface area (Å²) in [6.45, 7) is 14.0. The lowest BCUT2D eigenvalue weighted by Crippen LogP contribution is -2.30. The average molecular weight is 1310 g/mol. The first-order valence-electron chi connectivity index (χ1n) is 36.2. The molecule has 19 heteroatoms. The Morgan fingerprint density at radius 3 is 0.798 bits per heavy atom. The lowest BCUT2D eigenvalue weighted by atomic mass is 10.00. The number of hydrogen-bond donors (Lipinski definition) is 3. The Kier molecular flexibility index (Phi) is 58.5. The summed E-state index contributed by atoms with van der Waals surface area (Å²) in [5.74, 6) is 0.815. The van der Waals surface area contributed by atoms with Gasteiger partial charge in [0.2, 0.25) is 0 Å². The van der Waals surface area contributed by atoms with Crippen LogP contribution >= 0.6 is 15.6 Å². The van der Waals surface area contributed by atoms with Gasteiger partial charge >= 0.3 is 39.5 Å². The molecule has 528 valence electrons. The molecule has 0 aliphatic carbocycles. The van der Waals surface area contributed by atoms with Crippen LogP contribution in [-0.2, 0) is 65.4 Å². The molecule has 0 aliphatic heterocycles. The van der Waals surface area contributed by atoms with Crippen LogP contribution in [0.1, 0.15) is 344 Å². The summed E-state index contributed by atoms with van der Waals surface area (Å²) >= 11 is 0. The molecule has 6 atom stereocenters. The second-order valence-electron chi connectivity index (χ2n) is 26.9. The SMILES string of the molecule is CCC(C)CCCCCCCCC(=O)O[C@H](COC(=O)CCCCCCCCCCCCCCCCCC(C)C)COP(=O)(O)OCC(O)COP(=O)(O)OC[C@@H](COC(=O)CCCCCCCCCC(C)C)OC(=O)CCCCCCCCCCC(C)C. The van der Waals surface area contributed by atoms with Crippen LogP contribution < -0.4 is 0 Å². The lowest BCUT2D eigenvalue weighted by Gasteiger charge is -2.21. The van der Waals surface area contributed by atoms with E-state index in [4.69, 9.17) is 37.0 Å². The number of phosphoric ester groups is 2. The molecule has 0 rings (SSSR count). The Morgan fingerprint density at radius 2 is 0.539 bits per heavy atom. The maximum Gasteiger partial charge on any atom is 0.472 e. The molecule has 0 bridgehead atoms. The molecular weight excluding hydrogens is 1170 g/mol. The molecule has 0 radical (unpaired) electrons. The molecule has 0 fully saturated rings. The fraction of sp³-hybridized carbons (Fsp3) is 0.943. The largest absolute Gasteiger partial charge is 0.472 e. The summed E-state index contributed by atoms with van der Waals surface area (Å²) in [6, 6.07) is 0. The average Bonchev–Trinajstić information content (AvgIpc) is 3.53. The van der Waals surface area contributed by atoms with E-state index >= 15 is 0 Å². The lowest BCUT2D eigenvalue weighted by molar-refractivity contribution is -0.161. The topological polar surface area (TPSA) is 237 Å². The first kappa shape index (κ1) is 87.1. The van der Waals surface area contributed by atoms with Gasteiger partial charge in [0.05, 0.1) is 26.4 Å². The van der Waals surface area contributed by atoms with E-state index in [2.05, 4.69) is 55.4 Å². The minimum atomic E-state index is -4.95. The zero-order valence-corrected chi connectivity index (χ0v) is 59.8. The van der Waals surface area contributed by atoms with E-state index < -0.39 is 97.5 Å². The van der Waals surface area contributed by atoms with Gasteiger partial charge < -0.3 is 33.8 Å². The second-order valence-corrected chi connectivity index (χ2v) is 29.8. The molecule has 0 heterocycles. The van der Waals surface area contributed by atoms with Crippen LogP contribution in [0.3, 0.4) is 0 Å². The van der Waals surface area contributed by atoms with Gasteiger partial charge in [0.25, 0.3) is 0 Å². The number of unbranched alkanes of at least 4 members (excludes halogenated alkanes) is 32. The van der Waals surface area contributed by atoms with E-state index in [1.54, 1.807) is 0 Å². The fourth-order valence-corrected chi connectivity index (χ4v) is 12.0. The fourth-order valence-electron chi connectivity index (χ4n) is 10.5. The molecule has 17 nitrogen and oxygen atoms in total. The van der Waals surface area contributed by atoms with Crippen LogP contribution in [0.15, 0.2) is 0 Å². The summed E-state index contributed by atoms with van der Waals surface area (Å²) < 4.78 is 68.2. The maximum atomic E-state index is 13.0. The van der Waals surface area contributed by atoms with Crippen LogP contribution in [0, 0.1) is 23.7 Å². The summed E-state index contributed by atoms with van der Waals surface area (Å²) in [4.78, 5) is 72.5. The number of carbonyl (C=O) groups is 4. The quantitative estimate of drug-likeness (QED) is 0.0222. The highest BCUT2D eigenvalue weighted by atomic mass is 31.2. The van der Waals surface area contributed by atoms with Crippen LogP contribution in [0.4, 0.5) is 0 Å². The zero-order chi connectivity index (χ0) is 66.1. The Labute approximate surface area is 543 Å². The molecule has 4 unspecified atom stereocenters. The number of carbonyl (C=O) groups excluding carboxylic acids is 4. The predicted octanol–water partition coefficient (Wildman–Crippen LogP) is 19.7. The number of aliphatic hydroxyl groups is 1. The Hall–Kier alpha value is -1.94. The Balaban J connectivity index is 5.19. The third-order valence-electron chi connectivity index (χ3n) is 16.4. The minimum absolute atomic E-state index is 0.103. The number of rotatable bonds is 67. The number of phosphoric acid groups is 2. The Morgan fingerprint density at radius 1 is 0.315 bits per heavy atom. The number of hydrogen-bond acceptors (Lipinski definition) is 15. The van der Waals surface area contributed by atoms with E-state index in [-0.39, 0.29) is 25.7 Å². The van der Waals surface area contributed by atoms with Crippen molar-refractivity contribution < 1.29 is 80.2 Å². The van der Waals surface area contributed by atoms with Crippen molar-refractivity contribution in [3.63, 3.8) is 0 Å². The first-order valence-corrected chi connectivity index (χ1v) is 39.2. The molecule has 0 amide bonds. The molecule has 0 aliphatic rings. The van der Waals surface area contributed by atoms with Crippen molar-refractivity contribution in [3.05, 3.63) is 0 Å². The van der Waals surface area contributed by atoms with Crippen molar-refractivity contribution in [2.24, 2.45) is 23.7 Å². The molecule has 0 aromatic carbocycles. The molecule has 0 aromatic rings. The van der Waals surface area contributed by atoms with Gasteiger partial charge in [-0.15, -0.1) is 0 Å². The van der Waals surface area contributed by atoms with Crippen LogP contribution in [0.5, 0.6) is 0 Å². The van der Waals surface area contributed by atoms with Crippen LogP contribution in [0.25, 0.3) is 0 Å². The monoisotopic (exact) mass is 1310 g/mol. The van der Waals surface area contributed by atoms with Gasteiger partial charge in [0, 0.05) is 25.7 Å². The standard InChI is InChI=1S/C70H136O17P2/c1-9-63(8)49-41-33-28-29-37-45-53-70(75)87-66(57-80-67(72)50-42-34-25-18-16-14-12-10-11-13-15-17-22-30-38-46-60(2)3)59-85-89(78,79)83-55-64(71)54-82-88(76,77)84-58-65(56-81-68(73)51-43-35-27-21-24-32-40-48-62(6)7)86-69(74)52-44-36-26-20-19-23-31-39-47-61(4)5/h60-66,71H,9-59H2,1-8H3,(H,76,77)(H,78,79)/t63?,64?,65-,66-/m1/s1. The molecular formula is C70H136O17P2. The predicted molar refractivity (Wildman–Crippen MR) is 358 cm³/mol. The van der Waals surface area contributed by atoms with Crippen molar-refractivity contribution >= 4 is 39.5 Å². The van der Waals surface area contributed by atoms with E-state index in [1.165, 1.54) is 141 Å². The number of esters is 4. The molecule has 0 aromatic heterocycles. The summed E-state index contributed by atoms with van der Waals surface area (Å²) in [7, 11) is -9.90. The van der Waals surface area contributed by atoms with Crippen molar-refractivity contribution in [3.8, 4) is 0 Å². The van der Waals surface area contributed by atoms with Crippen molar-refractivity contribution in [2.45, 2.75) is 363 Å². The van der Waals surface area contributed by atoms with Crippen LogP contribution in [0.2, 0.25) is 0 Å². The van der Waals surface area contributed by atoms with E-state index in [0.29, 0.717) is 31.6 Å². The molecule has 89 heavy (non-hydrogen) atoms.